The minimum absolute atomic E-state index is 0.158. The highest BCUT2D eigenvalue weighted by Crippen LogP contribution is 2.22. The Morgan fingerprint density at radius 2 is 1.62 bits per heavy atom. The molecule has 0 fully saturated rings. The number of rotatable bonds is 5. The van der Waals surface area contributed by atoms with Gasteiger partial charge in [0.15, 0.2) is 0 Å². The van der Waals surface area contributed by atoms with Crippen LogP contribution in [-0.2, 0) is 4.74 Å². The van der Waals surface area contributed by atoms with Crippen molar-refractivity contribution in [2.75, 3.05) is 19.6 Å². The molecule has 0 N–H and O–H groups in total. The van der Waals surface area contributed by atoms with Crippen molar-refractivity contribution >= 4 is 17.9 Å². The third-order valence-electron chi connectivity index (χ3n) is 3.62. The van der Waals surface area contributed by atoms with Crippen LogP contribution in [0.2, 0.25) is 0 Å². The summed E-state index contributed by atoms with van der Waals surface area (Å²) in [5.74, 6) is -0.618. The predicted octanol–water partition coefficient (Wildman–Crippen LogP) is 2.93. The van der Waals surface area contributed by atoms with Crippen molar-refractivity contribution in [3.05, 3.63) is 35.4 Å². The molecule has 1 heterocycles. The van der Waals surface area contributed by atoms with Crippen molar-refractivity contribution in [2.24, 2.45) is 0 Å². The lowest BCUT2D eigenvalue weighted by molar-refractivity contribution is 0.0226. The van der Waals surface area contributed by atoms with Gasteiger partial charge in [0.25, 0.3) is 11.8 Å². The Bertz CT molecular complexity index is 614. The average Bonchev–Trinajstić information content (AvgIpc) is 2.74. The third kappa shape index (κ3) is 3.93. The van der Waals surface area contributed by atoms with E-state index in [0.29, 0.717) is 17.7 Å². The summed E-state index contributed by atoms with van der Waals surface area (Å²) in [4.78, 5) is 39.7. The molecule has 0 aromatic heterocycles. The summed E-state index contributed by atoms with van der Waals surface area (Å²) in [5, 5.41) is 0. The molecular formula is C18H24N2O4. The van der Waals surface area contributed by atoms with Gasteiger partial charge in [-0.15, -0.1) is 0 Å². The van der Waals surface area contributed by atoms with Gasteiger partial charge in [0.05, 0.1) is 11.1 Å². The molecule has 130 valence electrons. The number of fused-ring (bicyclic) bond motifs is 1. The van der Waals surface area contributed by atoms with Crippen LogP contribution in [0.5, 0.6) is 0 Å². The Labute approximate surface area is 142 Å². The number of benzene rings is 1. The van der Waals surface area contributed by atoms with E-state index in [-0.39, 0.29) is 24.9 Å². The molecular weight excluding hydrogens is 308 g/mol. The molecule has 0 radical (unpaired) electrons. The Hall–Kier alpha value is -2.37. The van der Waals surface area contributed by atoms with Gasteiger partial charge in [-0.1, -0.05) is 19.1 Å². The highest BCUT2D eigenvalue weighted by Gasteiger charge is 2.35. The molecule has 0 atom stereocenters. The molecule has 1 aromatic carbocycles. The second kappa shape index (κ2) is 7.03. The Kier molecular flexibility index (Phi) is 5.26. The average molecular weight is 332 g/mol. The number of hydrogen-bond donors (Lipinski definition) is 0. The van der Waals surface area contributed by atoms with Gasteiger partial charge in [0.2, 0.25) is 0 Å². The number of hydrogen-bond acceptors (Lipinski definition) is 4. The predicted molar refractivity (Wildman–Crippen MR) is 89.9 cm³/mol. The first-order valence-electron chi connectivity index (χ1n) is 8.17. The largest absolute Gasteiger partial charge is 0.444 e. The zero-order valence-corrected chi connectivity index (χ0v) is 14.7. The summed E-state index contributed by atoms with van der Waals surface area (Å²) in [5.41, 5.74) is 0.252. The highest BCUT2D eigenvalue weighted by atomic mass is 16.6. The molecule has 1 aromatic rings. The fraction of sp³-hybridized carbons (Fsp3) is 0.500. The number of amides is 3. The van der Waals surface area contributed by atoms with E-state index < -0.39 is 11.7 Å². The van der Waals surface area contributed by atoms with E-state index in [4.69, 9.17) is 4.74 Å². The molecule has 3 amide bonds. The van der Waals surface area contributed by atoms with Crippen molar-refractivity contribution < 1.29 is 19.1 Å². The van der Waals surface area contributed by atoms with E-state index in [1.54, 1.807) is 45.0 Å². The van der Waals surface area contributed by atoms with Crippen LogP contribution in [0.25, 0.3) is 0 Å². The van der Waals surface area contributed by atoms with Crippen molar-refractivity contribution in [3.63, 3.8) is 0 Å². The molecule has 6 heteroatoms. The van der Waals surface area contributed by atoms with Gasteiger partial charge >= 0.3 is 6.09 Å². The molecule has 0 aliphatic carbocycles. The van der Waals surface area contributed by atoms with Crippen molar-refractivity contribution in [2.45, 2.75) is 39.7 Å². The molecule has 6 nitrogen and oxygen atoms in total. The zero-order valence-electron chi connectivity index (χ0n) is 14.7. The van der Waals surface area contributed by atoms with E-state index in [1.165, 1.54) is 9.80 Å². The SMILES string of the molecule is CCCN(CCN1C(=O)c2ccccc2C1=O)C(=O)OC(C)(C)C. The van der Waals surface area contributed by atoms with Gasteiger partial charge in [-0.25, -0.2) is 4.79 Å². The first-order chi connectivity index (χ1) is 11.2. The molecule has 0 spiro atoms. The monoisotopic (exact) mass is 332 g/mol. The summed E-state index contributed by atoms with van der Waals surface area (Å²) < 4.78 is 5.38. The number of ether oxygens (including phenoxy) is 1. The topological polar surface area (TPSA) is 66.9 Å². The van der Waals surface area contributed by atoms with Gasteiger partial charge in [-0.05, 0) is 39.3 Å². The lowest BCUT2D eigenvalue weighted by atomic mass is 10.1. The lowest BCUT2D eigenvalue weighted by Crippen LogP contribution is -2.43. The molecule has 1 aliphatic heterocycles. The van der Waals surface area contributed by atoms with Gasteiger partial charge in [-0.3, -0.25) is 14.5 Å². The van der Waals surface area contributed by atoms with Crippen molar-refractivity contribution in [1.82, 2.24) is 9.80 Å². The van der Waals surface area contributed by atoms with Crippen LogP contribution >= 0.6 is 0 Å². The molecule has 24 heavy (non-hydrogen) atoms. The summed E-state index contributed by atoms with van der Waals surface area (Å²) >= 11 is 0. The number of nitrogens with zero attached hydrogens (tertiary/aromatic N) is 2. The molecule has 2 rings (SSSR count). The maximum absolute atomic E-state index is 12.3. The van der Waals surface area contributed by atoms with Crippen molar-refractivity contribution in [3.8, 4) is 0 Å². The van der Waals surface area contributed by atoms with E-state index >= 15 is 0 Å². The maximum atomic E-state index is 12.3. The molecule has 1 aliphatic rings. The van der Waals surface area contributed by atoms with E-state index in [0.717, 1.165) is 6.42 Å². The smallest absolute Gasteiger partial charge is 0.410 e. The standard InChI is InChI=1S/C18H24N2O4/c1-5-10-19(17(23)24-18(2,3)4)11-12-20-15(21)13-8-6-7-9-14(13)16(20)22/h6-9H,5,10-12H2,1-4H3. The van der Waals surface area contributed by atoms with Gasteiger partial charge in [0.1, 0.15) is 5.60 Å². The zero-order chi connectivity index (χ0) is 17.9. The minimum atomic E-state index is -0.585. The van der Waals surface area contributed by atoms with Gasteiger partial charge in [0, 0.05) is 19.6 Å². The number of carbonyl (C=O) groups is 3. The minimum Gasteiger partial charge on any atom is -0.444 e. The van der Waals surface area contributed by atoms with E-state index in [9.17, 15) is 14.4 Å². The Morgan fingerprint density at radius 1 is 1.08 bits per heavy atom. The molecule has 0 saturated carbocycles. The molecule has 0 bridgehead atoms. The quantitative estimate of drug-likeness (QED) is 0.778. The Balaban J connectivity index is 2.04. The number of carbonyl (C=O) groups excluding carboxylic acids is 3. The molecule has 0 unspecified atom stereocenters. The fourth-order valence-corrected chi connectivity index (χ4v) is 2.55. The second-order valence-corrected chi connectivity index (χ2v) is 6.77. The van der Waals surface area contributed by atoms with E-state index in [1.807, 2.05) is 6.92 Å². The van der Waals surface area contributed by atoms with Crippen LogP contribution in [0, 0.1) is 0 Å². The third-order valence-corrected chi connectivity index (χ3v) is 3.62. The fourth-order valence-electron chi connectivity index (χ4n) is 2.55. The first kappa shape index (κ1) is 18.0. The summed E-state index contributed by atoms with van der Waals surface area (Å²) in [6.07, 6.45) is 0.336. The van der Waals surface area contributed by atoms with Crippen LogP contribution in [0.4, 0.5) is 4.79 Å². The second-order valence-electron chi connectivity index (χ2n) is 6.77. The van der Waals surface area contributed by atoms with Crippen LogP contribution in [-0.4, -0.2) is 52.9 Å². The number of imide groups is 1. The van der Waals surface area contributed by atoms with E-state index in [2.05, 4.69) is 0 Å². The highest BCUT2D eigenvalue weighted by molar-refractivity contribution is 6.21. The first-order valence-corrected chi connectivity index (χ1v) is 8.17. The lowest BCUT2D eigenvalue weighted by Gasteiger charge is -2.28. The van der Waals surface area contributed by atoms with Crippen molar-refractivity contribution in [1.29, 1.82) is 0 Å². The normalized spacial score (nSPS) is 13.9. The van der Waals surface area contributed by atoms with Crippen LogP contribution in [0.15, 0.2) is 24.3 Å². The van der Waals surface area contributed by atoms with Crippen LogP contribution in [0.1, 0.15) is 54.8 Å². The van der Waals surface area contributed by atoms with Gasteiger partial charge < -0.3 is 9.64 Å². The van der Waals surface area contributed by atoms with Gasteiger partial charge in [-0.2, -0.15) is 0 Å². The van der Waals surface area contributed by atoms with Crippen LogP contribution < -0.4 is 0 Å². The summed E-state index contributed by atoms with van der Waals surface area (Å²) in [6.45, 7) is 8.30. The van der Waals surface area contributed by atoms with Crippen LogP contribution in [0.3, 0.4) is 0 Å². The summed E-state index contributed by atoms with van der Waals surface area (Å²) in [6, 6.07) is 6.76. The molecule has 0 saturated heterocycles. The Morgan fingerprint density at radius 3 is 2.08 bits per heavy atom. The summed E-state index contributed by atoms with van der Waals surface area (Å²) in [7, 11) is 0. The maximum Gasteiger partial charge on any atom is 0.410 e.